The predicted octanol–water partition coefficient (Wildman–Crippen LogP) is 2.06. The highest BCUT2D eigenvalue weighted by atomic mass is 32.1. The van der Waals surface area contributed by atoms with Crippen molar-refractivity contribution in [2.24, 2.45) is 5.41 Å². The molecule has 0 aromatic carbocycles. The number of carbonyl (C=O) groups is 1. The molecule has 126 valence electrons. The van der Waals surface area contributed by atoms with E-state index >= 15 is 0 Å². The second-order valence-corrected chi connectivity index (χ2v) is 7.82. The van der Waals surface area contributed by atoms with Gasteiger partial charge in [0.05, 0.1) is 12.1 Å². The van der Waals surface area contributed by atoms with Crippen LogP contribution in [0.2, 0.25) is 0 Å². The highest BCUT2D eigenvalue weighted by Gasteiger charge is 2.56. The van der Waals surface area contributed by atoms with Crippen molar-refractivity contribution >= 4 is 17.2 Å². The number of likely N-dealkylation sites (tertiary alicyclic amines) is 1. The maximum Gasteiger partial charge on any atom is 0.256 e. The molecule has 0 bridgehead atoms. The Hall–Kier alpha value is -1.86. The van der Waals surface area contributed by atoms with Gasteiger partial charge in [0.2, 0.25) is 0 Å². The molecule has 0 N–H and O–H groups in total. The van der Waals surface area contributed by atoms with E-state index in [-0.39, 0.29) is 5.91 Å². The first kappa shape index (κ1) is 15.7. The first-order valence-electron chi connectivity index (χ1n) is 8.31. The molecule has 1 spiro atoms. The Morgan fingerprint density at radius 1 is 1.38 bits per heavy atom. The fourth-order valence-electron chi connectivity index (χ4n) is 3.89. The maximum atomic E-state index is 12.5. The van der Waals surface area contributed by atoms with Crippen LogP contribution in [0.1, 0.15) is 34.6 Å². The Morgan fingerprint density at radius 3 is 2.79 bits per heavy atom. The lowest BCUT2D eigenvalue weighted by molar-refractivity contribution is 0.0657. The topological polar surface area (TPSA) is 62.2 Å². The Bertz CT molecular complexity index is 697. The summed E-state index contributed by atoms with van der Waals surface area (Å²) in [6.45, 7) is 2.58. The minimum absolute atomic E-state index is 0.0544. The molecule has 4 rings (SSSR count). The molecule has 2 aliphatic rings. The summed E-state index contributed by atoms with van der Waals surface area (Å²) in [5.41, 5.74) is 0.984. The van der Waals surface area contributed by atoms with Gasteiger partial charge in [0, 0.05) is 43.1 Å². The van der Waals surface area contributed by atoms with E-state index in [1.807, 2.05) is 16.5 Å². The van der Waals surface area contributed by atoms with Crippen molar-refractivity contribution in [3.05, 3.63) is 40.9 Å². The molecule has 7 heteroatoms. The maximum absolute atomic E-state index is 12.5. The van der Waals surface area contributed by atoms with Gasteiger partial charge in [0.1, 0.15) is 11.3 Å². The van der Waals surface area contributed by atoms with Gasteiger partial charge in [-0.2, -0.15) is 0 Å². The zero-order valence-electron chi connectivity index (χ0n) is 13.8. The third-order valence-electron chi connectivity index (χ3n) is 5.40. The fraction of sp³-hybridized carbons (Fsp3) is 0.529. The zero-order valence-corrected chi connectivity index (χ0v) is 14.6. The van der Waals surface area contributed by atoms with E-state index in [2.05, 4.69) is 26.9 Å². The van der Waals surface area contributed by atoms with Crippen LogP contribution in [0.15, 0.2) is 30.3 Å². The second kappa shape index (κ2) is 6.22. The number of nitrogens with zero attached hydrogens (tertiary/aromatic N) is 5. The molecule has 0 radical (unpaired) electrons. The summed E-state index contributed by atoms with van der Waals surface area (Å²) >= 11 is 1.72. The number of amides is 1. The van der Waals surface area contributed by atoms with Crippen LogP contribution in [-0.4, -0.2) is 56.8 Å². The molecule has 1 saturated carbocycles. The summed E-state index contributed by atoms with van der Waals surface area (Å²) in [6, 6.07) is 0.624. The van der Waals surface area contributed by atoms with Gasteiger partial charge in [-0.25, -0.2) is 15.0 Å². The van der Waals surface area contributed by atoms with E-state index < -0.39 is 0 Å². The lowest BCUT2D eigenvalue weighted by atomic mass is 9.92. The summed E-state index contributed by atoms with van der Waals surface area (Å²) in [7, 11) is 2.19. The monoisotopic (exact) mass is 343 g/mol. The smallest absolute Gasteiger partial charge is 0.256 e. The van der Waals surface area contributed by atoms with Crippen LogP contribution in [-0.2, 0) is 6.54 Å². The molecule has 3 heterocycles. The van der Waals surface area contributed by atoms with Gasteiger partial charge in [0.15, 0.2) is 0 Å². The summed E-state index contributed by atoms with van der Waals surface area (Å²) in [4.78, 5) is 29.1. The van der Waals surface area contributed by atoms with Crippen LogP contribution in [0.5, 0.6) is 0 Å². The van der Waals surface area contributed by atoms with Crippen molar-refractivity contribution in [3.63, 3.8) is 0 Å². The molecule has 2 aromatic rings. The Morgan fingerprint density at radius 2 is 2.12 bits per heavy atom. The number of hydrogen-bond acceptors (Lipinski definition) is 6. The van der Waals surface area contributed by atoms with Gasteiger partial charge in [-0.3, -0.25) is 9.69 Å². The van der Waals surface area contributed by atoms with E-state index in [9.17, 15) is 4.79 Å². The van der Waals surface area contributed by atoms with Gasteiger partial charge < -0.3 is 4.90 Å². The lowest BCUT2D eigenvalue weighted by Gasteiger charge is -2.34. The average Bonchev–Trinajstić information content (AvgIpc) is 3.07. The van der Waals surface area contributed by atoms with Crippen LogP contribution in [0.4, 0.5) is 0 Å². The quantitative estimate of drug-likeness (QED) is 0.850. The van der Waals surface area contributed by atoms with Crippen molar-refractivity contribution in [3.8, 4) is 0 Å². The number of aromatic nitrogens is 3. The molecule has 1 atom stereocenters. The molecule has 6 nitrogen and oxygen atoms in total. The van der Waals surface area contributed by atoms with Gasteiger partial charge in [0.25, 0.3) is 5.91 Å². The minimum Gasteiger partial charge on any atom is -0.339 e. The average molecular weight is 343 g/mol. The molecule has 1 aliphatic heterocycles. The van der Waals surface area contributed by atoms with E-state index in [0.29, 0.717) is 17.0 Å². The molecule has 1 aliphatic carbocycles. The van der Waals surface area contributed by atoms with Crippen molar-refractivity contribution in [1.29, 1.82) is 0 Å². The Labute approximate surface area is 145 Å². The molecule has 2 fully saturated rings. The molecular formula is C17H21N5OS. The van der Waals surface area contributed by atoms with Crippen LogP contribution in [0.25, 0.3) is 0 Å². The van der Waals surface area contributed by atoms with Crippen molar-refractivity contribution in [2.75, 3.05) is 20.1 Å². The number of hydrogen-bond donors (Lipinski definition) is 0. The van der Waals surface area contributed by atoms with Gasteiger partial charge in [-0.05, 0) is 31.7 Å². The Balaban J connectivity index is 1.33. The highest BCUT2D eigenvalue weighted by Crippen LogP contribution is 2.56. The van der Waals surface area contributed by atoms with Crippen LogP contribution < -0.4 is 0 Å². The van der Waals surface area contributed by atoms with Gasteiger partial charge in [-0.1, -0.05) is 0 Å². The lowest BCUT2D eigenvalue weighted by Crippen LogP contribution is -2.41. The van der Waals surface area contributed by atoms with Gasteiger partial charge in [-0.15, -0.1) is 11.3 Å². The summed E-state index contributed by atoms with van der Waals surface area (Å²) in [6.07, 6.45) is 9.93. The third kappa shape index (κ3) is 2.93. The first-order valence-corrected chi connectivity index (χ1v) is 9.19. The van der Waals surface area contributed by atoms with E-state index in [1.165, 1.54) is 17.8 Å². The van der Waals surface area contributed by atoms with Crippen LogP contribution >= 0.6 is 11.3 Å². The fourth-order valence-corrected chi connectivity index (χ4v) is 4.57. The summed E-state index contributed by atoms with van der Waals surface area (Å²) in [5, 5.41) is 3.21. The van der Waals surface area contributed by atoms with Crippen molar-refractivity contribution in [1.82, 2.24) is 24.8 Å². The largest absolute Gasteiger partial charge is 0.339 e. The molecular weight excluding hydrogens is 322 g/mol. The SMILES string of the molecule is CN(Cc1nccs1)C1CC12CCN(C(=O)c1cncnc1)CC2. The Kier molecular flexibility index (Phi) is 4.05. The van der Waals surface area contributed by atoms with E-state index in [1.54, 1.807) is 23.7 Å². The minimum atomic E-state index is 0.0544. The standard InChI is InChI=1S/C17H21N5OS/c1-21(11-15-20-4-7-24-15)14-8-17(14)2-5-22(6-3-17)16(23)13-9-18-12-19-10-13/h4,7,9-10,12,14H,2-3,5-6,8,11H2,1H3. The van der Waals surface area contributed by atoms with Crippen molar-refractivity contribution in [2.45, 2.75) is 31.8 Å². The van der Waals surface area contributed by atoms with Gasteiger partial charge >= 0.3 is 0 Å². The summed E-state index contributed by atoms with van der Waals surface area (Å²) in [5.74, 6) is 0.0544. The van der Waals surface area contributed by atoms with Crippen molar-refractivity contribution < 1.29 is 4.79 Å². The normalized spacial score (nSPS) is 22.1. The third-order valence-corrected chi connectivity index (χ3v) is 6.17. The second-order valence-electron chi connectivity index (χ2n) is 6.84. The number of carbonyl (C=O) groups excluding carboxylic acids is 1. The molecule has 2 aromatic heterocycles. The number of piperidine rings is 1. The molecule has 1 unspecified atom stereocenters. The first-order chi connectivity index (χ1) is 11.7. The summed E-state index contributed by atoms with van der Waals surface area (Å²) < 4.78 is 0. The van der Waals surface area contributed by atoms with Crippen LogP contribution in [0, 0.1) is 5.41 Å². The van der Waals surface area contributed by atoms with E-state index in [0.717, 1.165) is 32.5 Å². The molecule has 1 saturated heterocycles. The van der Waals surface area contributed by atoms with E-state index in [4.69, 9.17) is 0 Å². The highest BCUT2D eigenvalue weighted by molar-refractivity contribution is 7.09. The number of thiazole rings is 1. The zero-order chi connectivity index (χ0) is 16.6. The predicted molar refractivity (Wildman–Crippen MR) is 91.6 cm³/mol. The molecule has 24 heavy (non-hydrogen) atoms. The van der Waals surface area contributed by atoms with Crippen LogP contribution in [0.3, 0.4) is 0 Å². The molecule has 1 amide bonds. The number of rotatable bonds is 4.